The standard InChI is InChI=1S/C12H20F3N3O2/c1-11(2,3)6-8(12(13,14)15)17-10(20)18-5-4-16-9(19)7-18/h8H,4-7H2,1-3H3,(H,16,19)(H,17,20). The van der Waals surface area contributed by atoms with E-state index in [4.69, 9.17) is 0 Å². The first-order valence-electron chi connectivity index (χ1n) is 6.38. The molecule has 0 aromatic carbocycles. The first kappa shape index (κ1) is 16.6. The SMILES string of the molecule is CC(C)(C)CC(NC(=O)N1CCNC(=O)C1)C(F)(F)F. The molecule has 2 N–H and O–H groups in total. The van der Waals surface area contributed by atoms with Crippen LogP contribution >= 0.6 is 0 Å². The average Bonchev–Trinajstić information content (AvgIpc) is 2.25. The van der Waals surface area contributed by atoms with E-state index >= 15 is 0 Å². The molecule has 0 saturated carbocycles. The molecular formula is C12H20F3N3O2. The summed E-state index contributed by atoms with van der Waals surface area (Å²) in [7, 11) is 0. The Kier molecular flexibility index (Phi) is 4.88. The lowest BCUT2D eigenvalue weighted by atomic mass is 9.88. The summed E-state index contributed by atoms with van der Waals surface area (Å²) in [5, 5.41) is 4.49. The van der Waals surface area contributed by atoms with Crippen LogP contribution in [-0.2, 0) is 4.79 Å². The van der Waals surface area contributed by atoms with Gasteiger partial charge in [0, 0.05) is 13.1 Å². The molecule has 0 aromatic rings. The van der Waals surface area contributed by atoms with Gasteiger partial charge in [0.2, 0.25) is 5.91 Å². The van der Waals surface area contributed by atoms with Crippen molar-refractivity contribution in [2.75, 3.05) is 19.6 Å². The highest BCUT2D eigenvalue weighted by atomic mass is 19.4. The Morgan fingerprint density at radius 2 is 2.00 bits per heavy atom. The van der Waals surface area contributed by atoms with E-state index in [-0.39, 0.29) is 32.0 Å². The lowest BCUT2D eigenvalue weighted by molar-refractivity contribution is -0.159. The Bertz CT molecular complexity index is 377. The monoisotopic (exact) mass is 295 g/mol. The fraction of sp³-hybridized carbons (Fsp3) is 0.833. The normalized spacial score (nSPS) is 18.5. The minimum absolute atomic E-state index is 0.206. The van der Waals surface area contributed by atoms with E-state index in [9.17, 15) is 22.8 Å². The van der Waals surface area contributed by atoms with Crippen LogP contribution in [0.4, 0.5) is 18.0 Å². The maximum absolute atomic E-state index is 12.9. The van der Waals surface area contributed by atoms with Crippen molar-refractivity contribution in [3.05, 3.63) is 0 Å². The fourth-order valence-corrected chi connectivity index (χ4v) is 1.91. The molecular weight excluding hydrogens is 275 g/mol. The van der Waals surface area contributed by atoms with Crippen LogP contribution < -0.4 is 10.6 Å². The first-order valence-corrected chi connectivity index (χ1v) is 6.38. The number of nitrogens with zero attached hydrogens (tertiary/aromatic N) is 1. The van der Waals surface area contributed by atoms with Crippen molar-refractivity contribution in [3.63, 3.8) is 0 Å². The van der Waals surface area contributed by atoms with Crippen molar-refractivity contribution in [1.29, 1.82) is 0 Å². The summed E-state index contributed by atoms with van der Waals surface area (Å²) >= 11 is 0. The van der Waals surface area contributed by atoms with Gasteiger partial charge in [0.15, 0.2) is 0 Å². The minimum Gasteiger partial charge on any atom is -0.353 e. The van der Waals surface area contributed by atoms with Gasteiger partial charge in [-0.05, 0) is 11.8 Å². The largest absolute Gasteiger partial charge is 0.408 e. The number of alkyl halides is 3. The molecule has 1 atom stereocenters. The number of rotatable bonds is 2. The van der Waals surface area contributed by atoms with E-state index in [0.29, 0.717) is 0 Å². The Balaban J connectivity index is 2.69. The van der Waals surface area contributed by atoms with E-state index in [1.807, 2.05) is 5.32 Å². The van der Waals surface area contributed by atoms with Crippen LogP contribution in [0.1, 0.15) is 27.2 Å². The summed E-state index contributed by atoms with van der Waals surface area (Å²) < 4.78 is 38.8. The van der Waals surface area contributed by atoms with Crippen LogP contribution in [0.25, 0.3) is 0 Å². The highest BCUT2D eigenvalue weighted by Crippen LogP contribution is 2.30. The van der Waals surface area contributed by atoms with Crippen LogP contribution in [0.5, 0.6) is 0 Å². The van der Waals surface area contributed by atoms with Gasteiger partial charge >= 0.3 is 12.2 Å². The van der Waals surface area contributed by atoms with E-state index in [2.05, 4.69) is 5.32 Å². The number of carbonyl (C=O) groups is 2. The third-order valence-electron chi connectivity index (χ3n) is 2.83. The number of amides is 3. The van der Waals surface area contributed by atoms with Crippen LogP contribution in [0, 0.1) is 5.41 Å². The van der Waals surface area contributed by atoms with Crippen LogP contribution in [0.2, 0.25) is 0 Å². The van der Waals surface area contributed by atoms with Crippen molar-refractivity contribution < 1.29 is 22.8 Å². The zero-order valence-corrected chi connectivity index (χ0v) is 11.8. The van der Waals surface area contributed by atoms with E-state index in [1.54, 1.807) is 20.8 Å². The molecule has 116 valence electrons. The predicted octanol–water partition coefficient (Wildman–Crippen LogP) is 1.49. The molecule has 0 aromatic heterocycles. The van der Waals surface area contributed by atoms with Crippen molar-refractivity contribution in [2.45, 2.75) is 39.4 Å². The molecule has 1 unspecified atom stereocenters. The highest BCUT2D eigenvalue weighted by molar-refractivity contribution is 5.85. The summed E-state index contributed by atoms with van der Waals surface area (Å²) in [4.78, 5) is 24.0. The van der Waals surface area contributed by atoms with Crippen LogP contribution in [-0.4, -0.2) is 48.7 Å². The number of halogens is 3. The van der Waals surface area contributed by atoms with Crippen molar-refractivity contribution >= 4 is 11.9 Å². The molecule has 1 heterocycles. The zero-order chi connectivity index (χ0) is 15.6. The molecule has 0 spiro atoms. The molecule has 1 rings (SSSR count). The van der Waals surface area contributed by atoms with Crippen molar-refractivity contribution in [3.8, 4) is 0 Å². The van der Waals surface area contributed by atoms with Gasteiger partial charge < -0.3 is 15.5 Å². The highest BCUT2D eigenvalue weighted by Gasteiger charge is 2.43. The Morgan fingerprint density at radius 3 is 2.45 bits per heavy atom. The van der Waals surface area contributed by atoms with Gasteiger partial charge in [0.05, 0.1) is 0 Å². The van der Waals surface area contributed by atoms with Gasteiger partial charge in [-0.1, -0.05) is 20.8 Å². The van der Waals surface area contributed by atoms with Gasteiger partial charge in [0.1, 0.15) is 12.6 Å². The molecule has 1 fully saturated rings. The van der Waals surface area contributed by atoms with Gasteiger partial charge in [-0.15, -0.1) is 0 Å². The van der Waals surface area contributed by atoms with Gasteiger partial charge in [-0.2, -0.15) is 13.2 Å². The topological polar surface area (TPSA) is 61.4 Å². The third kappa shape index (κ3) is 5.26. The second-order valence-electron chi connectivity index (χ2n) is 6.08. The summed E-state index contributed by atoms with van der Waals surface area (Å²) in [6.07, 6.45) is -4.73. The molecule has 20 heavy (non-hydrogen) atoms. The predicted molar refractivity (Wildman–Crippen MR) is 67.0 cm³/mol. The smallest absolute Gasteiger partial charge is 0.353 e. The lowest BCUT2D eigenvalue weighted by Crippen LogP contribution is -2.57. The van der Waals surface area contributed by atoms with Gasteiger partial charge in [-0.3, -0.25) is 4.79 Å². The van der Waals surface area contributed by atoms with Crippen molar-refractivity contribution in [2.24, 2.45) is 5.41 Å². The van der Waals surface area contributed by atoms with E-state index in [0.717, 1.165) is 4.90 Å². The minimum atomic E-state index is -4.51. The molecule has 1 aliphatic heterocycles. The summed E-state index contributed by atoms with van der Waals surface area (Å²) in [5.41, 5.74) is -0.577. The molecule has 1 saturated heterocycles. The zero-order valence-electron chi connectivity index (χ0n) is 11.8. The van der Waals surface area contributed by atoms with E-state index in [1.165, 1.54) is 0 Å². The third-order valence-corrected chi connectivity index (χ3v) is 2.83. The number of urea groups is 1. The molecule has 0 aliphatic carbocycles. The van der Waals surface area contributed by atoms with Crippen LogP contribution in [0.15, 0.2) is 0 Å². The Hall–Kier alpha value is -1.47. The molecule has 5 nitrogen and oxygen atoms in total. The van der Waals surface area contributed by atoms with Gasteiger partial charge in [0.25, 0.3) is 0 Å². The van der Waals surface area contributed by atoms with Crippen molar-refractivity contribution in [1.82, 2.24) is 15.5 Å². The fourth-order valence-electron chi connectivity index (χ4n) is 1.91. The quantitative estimate of drug-likeness (QED) is 0.811. The second-order valence-corrected chi connectivity index (χ2v) is 6.08. The first-order chi connectivity index (χ1) is 8.99. The summed E-state index contributed by atoms with van der Waals surface area (Å²) in [5.74, 6) is -0.370. The van der Waals surface area contributed by atoms with Crippen LogP contribution in [0.3, 0.4) is 0 Å². The maximum Gasteiger partial charge on any atom is 0.408 e. The van der Waals surface area contributed by atoms with Gasteiger partial charge in [-0.25, -0.2) is 4.79 Å². The number of hydrogen-bond acceptors (Lipinski definition) is 2. The molecule has 1 aliphatic rings. The number of piperazine rings is 1. The number of nitrogens with one attached hydrogen (secondary N) is 2. The molecule has 0 bridgehead atoms. The second kappa shape index (κ2) is 5.88. The maximum atomic E-state index is 12.9. The number of hydrogen-bond donors (Lipinski definition) is 2. The summed E-state index contributed by atoms with van der Waals surface area (Å²) in [6.45, 7) is 5.26. The molecule has 3 amide bonds. The molecule has 8 heteroatoms. The molecule has 0 radical (unpaired) electrons. The average molecular weight is 295 g/mol. The lowest BCUT2D eigenvalue weighted by Gasteiger charge is -2.32. The number of carbonyl (C=O) groups excluding carboxylic acids is 2. The Labute approximate surface area is 115 Å². The Morgan fingerprint density at radius 1 is 1.40 bits per heavy atom. The summed E-state index contributed by atoms with van der Waals surface area (Å²) in [6, 6.07) is -2.77. The van der Waals surface area contributed by atoms with E-state index < -0.39 is 23.7 Å².